The first-order chi connectivity index (χ1) is 28.3. The Balaban J connectivity index is 1.11. The van der Waals surface area contributed by atoms with Crippen molar-refractivity contribution in [2.45, 2.75) is 0 Å². The predicted octanol–water partition coefficient (Wildman–Crippen LogP) is 14.0. The number of fused-ring (bicyclic) bond motifs is 9. The first-order valence-electron chi connectivity index (χ1n) is 19.2. The highest BCUT2D eigenvalue weighted by molar-refractivity contribution is 7.26. The molecule has 0 radical (unpaired) electrons. The van der Waals surface area contributed by atoms with E-state index in [0.717, 1.165) is 39.4 Å². The minimum atomic E-state index is 0.723. The van der Waals surface area contributed by atoms with Crippen molar-refractivity contribution < 1.29 is 0 Å². The number of hydrogen-bond donors (Lipinski definition) is 0. The van der Waals surface area contributed by atoms with Crippen molar-refractivity contribution in [3.63, 3.8) is 0 Å². The van der Waals surface area contributed by atoms with Crippen LogP contribution in [0.2, 0.25) is 0 Å². The fourth-order valence-electron chi connectivity index (χ4n) is 8.82. The summed E-state index contributed by atoms with van der Waals surface area (Å²) in [7, 11) is 0. The van der Waals surface area contributed by atoms with Crippen molar-refractivity contribution in [2.75, 3.05) is 0 Å². The van der Waals surface area contributed by atoms with E-state index in [4.69, 9.17) is 9.97 Å². The molecule has 0 bridgehead atoms. The first kappa shape index (κ1) is 32.0. The molecule has 0 aliphatic heterocycles. The van der Waals surface area contributed by atoms with Gasteiger partial charge in [0.2, 0.25) is 0 Å². The van der Waals surface area contributed by atoms with Gasteiger partial charge in [0, 0.05) is 59.2 Å². The van der Waals surface area contributed by atoms with Gasteiger partial charge in [-0.2, -0.15) is 0 Å². The van der Waals surface area contributed by atoms with Crippen LogP contribution in [0.3, 0.4) is 0 Å². The molecule has 266 valence electrons. The van der Waals surface area contributed by atoms with Crippen LogP contribution in [0.1, 0.15) is 0 Å². The lowest BCUT2D eigenvalue weighted by Crippen LogP contribution is -2.00. The Morgan fingerprint density at radius 1 is 0.386 bits per heavy atom. The molecule has 4 aromatic heterocycles. The van der Waals surface area contributed by atoms with E-state index < -0.39 is 0 Å². The molecule has 8 aromatic carbocycles. The molecule has 12 rings (SSSR count). The third kappa shape index (κ3) is 4.99. The smallest absolute Gasteiger partial charge is 0.162 e. The van der Waals surface area contributed by atoms with Gasteiger partial charge in [-0.25, -0.2) is 9.97 Å². The molecule has 5 heteroatoms. The van der Waals surface area contributed by atoms with Crippen LogP contribution in [0.25, 0.3) is 109 Å². The number of para-hydroxylation sites is 2. The van der Waals surface area contributed by atoms with Gasteiger partial charge in [-0.3, -0.25) is 4.57 Å². The molecule has 0 spiro atoms. The maximum Gasteiger partial charge on any atom is 0.162 e. The topological polar surface area (TPSA) is 35.6 Å². The van der Waals surface area contributed by atoms with Crippen LogP contribution >= 0.6 is 11.3 Å². The Morgan fingerprint density at radius 3 is 1.63 bits per heavy atom. The van der Waals surface area contributed by atoms with Gasteiger partial charge in [0.25, 0.3) is 0 Å². The van der Waals surface area contributed by atoms with Crippen LogP contribution in [0.5, 0.6) is 0 Å². The monoisotopic (exact) mass is 744 g/mol. The summed E-state index contributed by atoms with van der Waals surface area (Å²) in [6, 6.07) is 67.7. The Labute approximate surface area is 332 Å². The summed E-state index contributed by atoms with van der Waals surface area (Å²) in [5, 5.41) is 7.26. The van der Waals surface area contributed by atoms with Gasteiger partial charge >= 0.3 is 0 Å². The lowest BCUT2D eigenvalue weighted by atomic mass is 9.98. The van der Waals surface area contributed by atoms with Crippen molar-refractivity contribution in [1.29, 1.82) is 0 Å². The highest BCUT2D eigenvalue weighted by Crippen LogP contribution is 2.42. The molecule has 0 N–H and O–H groups in total. The average molecular weight is 745 g/mol. The van der Waals surface area contributed by atoms with Crippen LogP contribution in [0.15, 0.2) is 194 Å². The second kappa shape index (κ2) is 12.6. The number of aromatic nitrogens is 4. The van der Waals surface area contributed by atoms with Gasteiger partial charge in [-0.15, -0.1) is 11.3 Å². The predicted molar refractivity (Wildman–Crippen MR) is 240 cm³/mol. The van der Waals surface area contributed by atoms with Gasteiger partial charge in [0.05, 0.1) is 22.1 Å². The fraction of sp³-hybridized carbons (Fsp3) is 0. The molecule has 4 heterocycles. The molecule has 0 fully saturated rings. The minimum absolute atomic E-state index is 0.723. The Morgan fingerprint density at radius 2 is 0.947 bits per heavy atom. The number of benzene rings is 8. The summed E-state index contributed by atoms with van der Waals surface area (Å²) in [5.74, 6) is 1.57. The van der Waals surface area contributed by atoms with Gasteiger partial charge in [-0.05, 0) is 82.9 Å². The van der Waals surface area contributed by atoms with Crippen molar-refractivity contribution in [3.8, 4) is 45.1 Å². The molecule has 4 nitrogen and oxygen atoms in total. The van der Waals surface area contributed by atoms with E-state index in [1.54, 1.807) is 11.3 Å². The van der Waals surface area contributed by atoms with E-state index in [0.29, 0.717) is 0 Å². The maximum absolute atomic E-state index is 5.33. The highest BCUT2D eigenvalue weighted by Gasteiger charge is 2.21. The number of thiophene rings is 1. The zero-order chi connectivity index (χ0) is 37.5. The Bertz CT molecular complexity index is 3460. The fourth-order valence-corrected chi connectivity index (χ4v) is 10.0. The molecule has 0 amide bonds. The highest BCUT2D eigenvalue weighted by atomic mass is 32.1. The maximum atomic E-state index is 5.33. The third-order valence-electron chi connectivity index (χ3n) is 11.4. The van der Waals surface area contributed by atoms with E-state index in [9.17, 15) is 0 Å². The molecule has 0 unspecified atom stereocenters. The molecule has 0 aliphatic carbocycles. The summed E-state index contributed by atoms with van der Waals surface area (Å²) >= 11 is 1.80. The molecule has 0 aliphatic rings. The molecular weight excluding hydrogens is 713 g/mol. The number of rotatable bonds is 5. The lowest BCUT2D eigenvalue weighted by Gasteiger charge is -2.14. The van der Waals surface area contributed by atoms with Gasteiger partial charge < -0.3 is 4.57 Å². The van der Waals surface area contributed by atoms with Crippen LogP contribution in [-0.2, 0) is 0 Å². The van der Waals surface area contributed by atoms with Crippen LogP contribution in [0, 0.1) is 0 Å². The Hall–Kier alpha value is -7.34. The molecule has 0 saturated carbocycles. The zero-order valence-corrected chi connectivity index (χ0v) is 31.5. The van der Waals surface area contributed by atoms with E-state index in [1.807, 2.05) is 12.3 Å². The number of hydrogen-bond acceptors (Lipinski definition) is 3. The normalized spacial score (nSPS) is 11.9. The zero-order valence-electron chi connectivity index (χ0n) is 30.7. The summed E-state index contributed by atoms with van der Waals surface area (Å²) in [5.41, 5.74) is 11.5. The largest absolute Gasteiger partial charge is 0.309 e. The average Bonchev–Trinajstić information content (AvgIpc) is 3.93. The lowest BCUT2D eigenvalue weighted by molar-refractivity contribution is 1.05. The Kier molecular flexibility index (Phi) is 7.06. The summed E-state index contributed by atoms with van der Waals surface area (Å²) < 4.78 is 7.24. The first-order valence-corrected chi connectivity index (χ1v) is 20.1. The van der Waals surface area contributed by atoms with Crippen molar-refractivity contribution in [3.05, 3.63) is 194 Å². The second-order valence-corrected chi connectivity index (χ2v) is 15.7. The van der Waals surface area contributed by atoms with Crippen LogP contribution < -0.4 is 0 Å². The van der Waals surface area contributed by atoms with Gasteiger partial charge in [0.15, 0.2) is 5.82 Å². The molecule has 0 atom stereocenters. The number of nitrogens with zero attached hydrogens (tertiary/aromatic N) is 4. The quantitative estimate of drug-likeness (QED) is 0.176. The minimum Gasteiger partial charge on any atom is -0.309 e. The summed E-state index contributed by atoms with van der Waals surface area (Å²) in [6.45, 7) is 0. The molecule has 57 heavy (non-hydrogen) atoms. The van der Waals surface area contributed by atoms with Crippen molar-refractivity contribution in [2.24, 2.45) is 0 Å². The van der Waals surface area contributed by atoms with E-state index in [1.165, 1.54) is 69.5 Å². The van der Waals surface area contributed by atoms with Crippen molar-refractivity contribution in [1.82, 2.24) is 19.1 Å². The summed E-state index contributed by atoms with van der Waals surface area (Å²) in [6.07, 6.45) is 1.90. The molecular formula is C52H32N4S. The molecule has 12 aromatic rings. The van der Waals surface area contributed by atoms with E-state index in [-0.39, 0.29) is 0 Å². The SMILES string of the molecule is c1ccc(-c2cc(-c3ccccc3)cc(-n3c4ccccc4c4cc5c(cc43)c3ccccc3n5-c3ccnc(-c4cccc5c4sc4ccccc45)n3)c2)cc1. The van der Waals surface area contributed by atoms with Crippen LogP contribution in [-0.4, -0.2) is 19.1 Å². The van der Waals surface area contributed by atoms with Gasteiger partial charge in [-0.1, -0.05) is 127 Å². The van der Waals surface area contributed by atoms with E-state index >= 15 is 0 Å². The third-order valence-corrected chi connectivity index (χ3v) is 12.6. The standard InChI is InChI=1S/C52H32N4S/c1-3-14-33(15-4-1)35-28-36(34-16-5-2-6-17-34)30-37(29-35)55-45-23-10-7-18-38(45)43-32-48-44(31-47(43)55)39-19-8-11-24-46(39)56(48)50-26-27-53-52(54-50)42-22-13-21-41-40-20-9-12-25-49(40)57-51(41)42/h1-32H. The van der Waals surface area contributed by atoms with Crippen molar-refractivity contribution >= 4 is 75.1 Å². The second-order valence-electron chi connectivity index (χ2n) is 14.6. The van der Waals surface area contributed by atoms with Crippen LogP contribution in [0.4, 0.5) is 0 Å². The van der Waals surface area contributed by atoms with E-state index in [2.05, 4.69) is 191 Å². The molecule has 0 saturated heterocycles. The summed E-state index contributed by atoms with van der Waals surface area (Å²) in [4.78, 5) is 10.2. The van der Waals surface area contributed by atoms with Gasteiger partial charge in [0.1, 0.15) is 5.82 Å².